The van der Waals surface area contributed by atoms with Gasteiger partial charge in [0.05, 0.1) is 12.3 Å². The Morgan fingerprint density at radius 1 is 1.30 bits per heavy atom. The van der Waals surface area contributed by atoms with Crippen molar-refractivity contribution in [2.24, 2.45) is 4.99 Å². The quantitative estimate of drug-likeness (QED) is 0.298. The molecule has 2 N–H and O–H groups in total. The maximum atomic E-state index is 12.4. The van der Waals surface area contributed by atoms with Gasteiger partial charge in [-0.2, -0.15) is 11.8 Å². The first-order chi connectivity index (χ1) is 12.3. The molecule has 1 saturated heterocycles. The zero-order valence-electron chi connectivity index (χ0n) is 16.2. The van der Waals surface area contributed by atoms with E-state index in [2.05, 4.69) is 47.0 Å². The molecule has 1 fully saturated rings. The number of rotatable bonds is 8. The Hall–Kier alpha value is -0.0400. The maximum absolute atomic E-state index is 12.4. The summed E-state index contributed by atoms with van der Waals surface area (Å²) in [5.74, 6) is 2.53. The van der Waals surface area contributed by atoms with Gasteiger partial charge in [-0.3, -0.25) is 4.99 Å². The van der Waals surface area contributed by atoms with E-state index < -0.39 is 10.0 Å². The third kappa shape index (κ3) is 8.08. The van der Waals surface area contributed by atoms with E-state index in [4.69, 9.17) is 0 Å². The maximum Gasteiger partial charge on any atom is 0.215 e. The number of thiophene rings is 1. The molecule has 2 rings (SSSR count). The number of sulfonamides is 1. The standard InChI is InChI=1S/C17H30N4O2S3.HI/c1-4-18-16(20-14-17(2,3)15-6-5-10-25-15)19-7-13-26(22,23)21-8-11-24-12-9-21;/h5-6,10H,4,7-9,11-14H2,1-3H3,(H2,18,19,20);1H. The summed E-state index contributed by atoms with van der Waals surface area (Å²) in [5.41, 5.74) is -0.0476. The van der Waals surface area contributed by atoms with Crippen molar-refractivity contribution in [2.75, 3.05) is 50.0 Å². The summed E-state index contributed by atoms with van der Waals surface area (Å²) >= 11 is 3.54. The van der Waals surface area contributed by atoms with Crippen molar-refractivity contribution >= 4 is 63.1 Å². The molecule has 0 aliphatic carbocycles. The Morgan fingerprint density at radius 3 is 2.59 bits per heavy atom. The summed E-state index contributed by atoms with van der Waals surface area (Å²) in [6.45, 7) is 9.32. The van der Waals surface area contributed by atoms with Crippen LogP contribution in [0, 0.1) is 0 Å². The highest BCUT2D eigenvalue weighted by atomic mass is 127. The molecule has 1 aromatic rings. The molecule has 27 heavy (non-hydrogen) atoms. The lowest BCUT2D eigenvalue weighted by molar-refractivity contribution is 0.443. The molecule has 2 heterocycles. The summed E-state index contributed by atoms with van der Waals surface area (Å²) in [6, 6.07) is 4.18. The van der Waals surface area contributed by atoms with E-state index in [1.165, 1.54) is 4.88 Å². The first-order valence-electron chi connectivity index (χ1n) is 8.97. The van der Waals surface area contributed by atoms with Crippen molar-refractivity contribution in [3.63, 3.8) is 0 Å². The van der Waals surface area contributed by atoms with Crippen LogP contribution < -0.4 is 10.6 Å². The van der Waals surface area contributed by atoms with Crippen LogP contribution in [0.2, 0.25) is 0 Å². The van der Waals surface area contributed by atoms with E-state index in [-0.39, 0.29) is 35.1 Å². The smallest absolute Gasteiger partial charge is 0.215 e. The molecule has 10 heteroatoms. The Morgan fingerprint density at radius 2 is 2.00 bits per heavy atom. The second kappa shape index (κ2) is 11.8. The summed E-state index contributed by atoms with van der Waals surface area (Å²) in [7, 11) is -3.20. The normalized spacial score (nSPS) is 16.6. The number of thioether (sulfide) groups is 1. The summed E-state index contributed by atoms with van der Waals surface area (Å²) < 4.78 is 26.4. The molecule has 0 spiro atoms. The molecule has 1 aliphatic rings. The summed E-state index contributed by atoms with van der Waals surface area (Å²) in [6.07, 6.45) is 0. The predicted molar refractivity (Wildman–Crippen MR) is 129 cm³/mol. The molecule has 156 valence electrons. The molecule has 0 unspecified atom stereocenters. The third-order valence-corrected chi connectivity index (χ3v) is 8.23. The third-order valence-electron chi connectivity index (χ3n) is 4.18. The van der Waals surface area contributed by atoms with Gasteiger partial charge >= 0.3 is 0 Å². The highest BCUT2D eigenvalue weighted by Crippen LogP contribution is 2.27. The van der Waals surface area contributed by atoms with Crippen LogP contribution in [0.1, 0.15) is 25.6 Å². The minimum absolute atomic E-state index is 0. The SMILES string of the molecule is CCNC(=NCC(C)(C)c1cccs1)NCCS(=O)(=O)N1CCSCC1.I. The van der Waals surface area contributed by atoms with Gasteiger partial charge in [-0.15, -0.1) is 35.3 Å². The van der Waals surface area contributed by atoms with Crippen LogP contribution in [-0.4, -0.2) is 68.7 Å². The van der Waals surface area contributed by atoms with E-state index in [9.17, 15) is 8.42 Å². The molecule has 0 radical (unpaired) electrons. The van der Waals surface area contributed by atoms with Crippen LogP contribution in [0.25, 0.3) is 0 Å². The average molecular weight is 547 g/mol. The van der Waals surface area contributed by atoms with Gasteiger partial charge < -0.3 is 10.6 Å². The number of nitrogens with one attached hydrogen (secondary N) is 2. The molecule has 1 aliphatic heterocycles. The minimum Gasteiger partial charge on any atom is -0.357 e. The van der Waals surface area contributed by atoms with Crippen molar-refractivity contribution in [3.05, 3.63) is 22.4 Å². The second-order valence-corrected chi connectivity index (χ2v) is 11.1. The molecular weight excluding hydrogens is 515 g/mol. The Balaban J connectivity index is 0.00000364. The number of aliphatic imine (C=N–C) groups is 1. The molecule has 0 atom stereocenters. The lowest BCUT2D eigenvalue weighted by Crippen LogP contribution is -2.44. The fraction of sp³-hybridized carbons (Fsp3) is 0.706. The molecule has 1 aromatic heterocycles. The molecule has 6 nitrogen and oxygen atoms in total. The van der Waals surface area contributed by atoms with E-state index in [1.54, 1.807) is 15.6 Å². The Bertz CT molecular complexity index is 672. The highest BCUT2D eigenvalue weighted by Gasteiger charge is 2.24. The van der Waals surface area contributed by atoms with Gasteiger partial charge in [-0.25, -0.2) is 12.7 Å². The largest absolute Gasteiger partial charge is 0.357 e. The lowest BCUT2D eigenvalue weighted by atomic mass is 9.92. The van der Waals surface area contributed by atoms with Crippen LogP contribution in [0.4, 0.5) is 0 Å². The monoisotopic (exact) mass is 546 g/mol. The fourth-order valence-corrected chi connectivity index (χ4v) is 5.95. The molecular formula is C17H31IN4O2S3. The number of hydrogen-bond donors (Lipinski definition) is 2. The second-order valence-electron chi connectivity index (χ2n) is 6.81. The molecule has 0 aromatic carbocycles. The van der Waals surface area contributed by atoms with Gasteiger partial charge in [-0.05, 0) is 18.4 Å². The zero-order valence-corrected chi connectivity index (χ0v) is 21.0. The van der Waals surface area contributed by atoms with Gasteiger partial charge in [0.2, 0.25) is 10.0 Å². The van der Waals surface area contributed by atoms with Crippen molar-refractivity contribution in [1.29, 1.82) is 0 Å². The predicted octanol–water partition coefficient (Wildman–Crippen LogP) is 2.58. The van der Waals surface area contributed by atoms with Crippen LogP contribution in [-0.2, 0) is 15.4 Å². The van der Waals surface area contributed by atoms with Gasteiger partial charge in [0.15, 0.2) is 5.96 Å². The average Bonchev–Trinajstić information content (AvgIpc) is 3.16. The molecule has 0 amide bonds. The van der Waals surface area contributed by atoms with Crippen LogP contribution in [0.15, 0.2) is 22.5 Å². The van der Waals surface area contributed by atoms with E-state index in [0.29, 0.717) is 32.1 Å². The Kier molecular flexibility index (Phi) is 11.0. The first-order valence-corrected chi connectivity index (χ1v) is 12.6. The minimum atomic E-state index is -3.20. The van der Waals surface area contributed by atoms with Crippen molar-refractivity contribution in [1.82, 2.24) is 14.9 Å². The Labute approximate surface area is 189 Å². The highest BCUT2D eigenvalue weighted by molar-refractivity contribution is 14.0. The van der Waals surface area contributed by atoms with Gasteiger partial charge in [-0.1, -0.05) is 19.9 Å². The van der Waals surface area contributed by atoms with Crippen LogP contribution in [0.3, 0.4) is 0 Å². The lowest BCUT2D eigenvalue weighted by Gasteiger charge is -2.26. The number of guanidine groups is 1. The summed E-state index contributed by atoms with van der Waals surface area (Å²) in [4.78, 5) is 5.96. The first kappa shape index (κ1) is 25.0. The van der Waals surface area contributed by atoms with E-state index in [0.717, 1.165) is 18.1 Å². The zero-order chi connectivity index (χ0) is 19.0. The fourth-order valence-electron chi connectivity index (χ4n) is 2.61. The van der Waals surface area contributed by atoms with Gasteiger partial charge in [0, 0.05) is 48.0 Å². The molecule has 0 saturated carbocycles. The number of nitrogens with zero attached hydrogens (tertiary/aromatic N) is 2. The van der Waals surface area contributed by atoms with Gasteiger partial charge in [0.25, 0.3) is 0 Å². The van der Waals surface area contributed by atoms with Crippen LogP contribution in [0.5, 0.6) is 0 Å². The van der Waals surface area contributed by atoms with Crippen molar-refractivity contribution in [2.45, 2.75) is 26.2 Å². The summed E-state index contributed by atoms with van der Waals surface area (Å²) in [5, 5.41) is 8.44. The van der Waals surface area contributed by atoms with E-state index >= 15 is 0 Å². The van der Waals surface area contributed by atoms with Crippen molar-refractivity contribution < 1.29 is 8.42 Å². The van der Waals surface area contributed by atoms with Crippen molar-refractivity contribution in [3.8, 4) is 0 Å². The van der Waals surface area contributed by atoms with Gasteiger partial charge in [0.1, 0.15) is 0 Å². The number of hydrogen-bond acceptors (Lipinski definition) is 5. The topological polar surface area (TPSA) is 73.8 Å². The van der Waals surface area contributed by atoms with Crippen LogP contribution >= 0.6 is 47.1 Å². The molecule has 0 bridgehead atoms. The number of halogens is 1. The van der Waals surface area contributed by atoms with E-state index in [1.807, 2.05) is 18.7 Å².